The molecule has 0 spiro atoms. The fourth-order valence-electron chi connectivity index (χ4n) is 2.09. The van der Waals surface area contributed by atoms with Gasteiger partial charge in [0, 0.05) is 22.7 Å². The van der Waals surface area contributed by atoms with Crippen molar-refractivity contribution < 1.29 is 4.39 Å². The lowest BCUT2D eigenvalue weighted by Gasteiger charge is -2.07. The van der Waals surface area contributed by atoms with Gasteiger partial charge in [0.05, 0.1) is 11.0 Å². The van der Waals surface area contributed by atoms with Crippen molar-refractivity contribution in [2.75, 3.05) is 0 Å². The Morgan fingerprint density at radius 1 is 1.17 bits per heavy atom. The molecule has 0 unspecified atom stereocenters. The van der Waals surface area contributed by atoms with E-state index in [9.17, 15) is 4.39 Å². The maximum Gasteiger partial charge on any atom is 0.212 e. The zero-order valence-corrected chi connectivity index (χ0v) is 9.73. The van der Waals surface area contributed by atoms with Gasteiger partial charge in [-0.1, -0.05) is 6.08 Å². The molecule has 18 heavy (non-hydrogen) atoms. The van der Waals surface area contributed by atoms with Crippen molar-refractivity contribution in [1.29, 1.82) is 0 Å². The van der Waals surface area contributed by atoms with Crippen LogP contribution in [0.15, 0.2) is 30.5 Å². The van der Waals surface area contributed by atoms with Crippen molar-refractivity contribution in [2.45, 2.75) is 12.8 Å². The van der Waals surface area contributed by atoms with Crippen LogP contribution < -0.4 is 16.3 Å². The summed E-state index contributed by atoms with van der Waals surface area (Å²) in [4.78, 5) is 8.18. The molecule has 2 heterocycles. The van der Waals surface area contributed by atoms with E-state index in [1.165, 1.54) is 12.3 Å². The van der Waals surface area contributed by atoms with Crippen LogP contribution in [0.5, 0.6) is 0 Å². The standard InChI is InChI=1S/C14H12FN3/c15-14-7-4-9(8-17-14)12-6-5-10-11(16)2-1-3-13(10)18-12/h3-8H,1-2,16H2. The molecule has 0 saturated carbocycles. The first kappa shape index (κ1) is 10.9. The monoisotopic (exact) mass is 241 g/mol. The van der Waals surface area contributed by atoms with E-state index in [2.05, 4.69) is 16.0 Å². The largest absolute Gasteiger partial charge is 0.401 e. The van der Waals surface area contributed by atoms with Gasteiger partial charge in [0.15, 0.2) is 0 Å². The van der Waals surface area contributed by atoms with Crippen molar-refractivity contribution in [3.63, 3.8) is 0 Å². The van der Waals surface area contributed by atoms with Gasteiger partial charge in [-0.3, -0.25) is 0 Å². The van der Waals surface area contributed by atoms with E-state index >= 15 is 0 Å². The van der Waals surface area contributed by atoms with E-state index in [-0.39, 0.29) is 0 Å². The van der Waals surface area contributed by atoms with E-state index in [0.717, 1.165) is 40.4 Å². The Balaban J connectivity index is 2.17. The number of nitrogens with two attached hydrogens (primary N) is 1. The lowest BCUT2D eigenvalue weighted by molar-refractivity contribution is 0.584. The third kappa shape index (κ3) is 1.86. The fourth-order valence-corrected chi connectivity index (χ4v) is 2.09. The highest BCUT2D eigenvalue weighted by molar-refractivity contribution is 5.59. The Morgan fingerprint density at radius 2 is 2.06 bits per heavy atom. The van der Waals surface area contributed by atoms with Gasteiger partial charge >= 0.3 is 0 Å². The van der Waals surface area contributed by atoms with Crippen LogP contribution >= 0.6 is 0 Å². The first-order chi connectivity index (χ1) is 8.74. The smallest absolute Gasteiger partial charge is 0.212 e. The second-order valence-corrected chi connectivity index (χ2v) is 4.27. The summed E-state index contributed by atoms with van der Waals surface area (Å²) in [7, 11) is 0. The zero-order chi connectivity index (χ0) is 12.5. The van der Waals surface area contributed by atoms with Gasteiger partial charge in [-0.2, -0.15) is 4.39 Å². The number of halogens is 1. The summed E-state index contributed by atoms with van der Waals surface area (Å²) in [6.45, 7) is 0. The first-order valence-electron chi connectivity index (χ1n) is 5.82. The number of aromatic nitrogens is 2. The molecule has 0 amide bonds. The molecule has 0 atom stereocenters. The minimum atomic E-state index is -0.485. The number of nitrogens with zero attached hydrogens (tertiary/aromatic N) is 2. The molecular formula is C14H12FN3. The normalized spacial score (nSPS) is 13.9. The van der Waals surface area contributed by atoms with Crippen LogP contribution in [0.3, 0.4) is 0 Å². The van der Waals surface area contributed by atoms with Gasteiger partial charge in [0.25, 0.3) is 0 Å². The van der Waals surface area contributed by atoms with Gasteiger partial charge in [0.2, 0.25) is 5.95 Å². The molecule has 2 aromatic rings. The number of rotatable bonds is 1. The molecule has 3 nitrogen and oxygen atoms in total. The highest BCUT2D eigenvalue weighted by atomic mass is 19.1. The SMILES string of the molecule is NC1=c2ccc(-c3ccc(F)nc3)nc2=CCC1. The van der Waals surface area contributed by atoms with Crippen LogP contribution in [0.1, 0.15) is 12.8 Å². The van der Waals surface area contributed by atoms with Gasteiger partial charge in [0.1, 0.15) is 0 Å². The molecule has 1 aliphatic carbocycles. The molecule has 0 radical (unpaired) electrons. The minimum absolute atomic E-state index is 0.485. The number of pyridine rings is 2. The molecule has 4 heteroatoms. The summed E-state index contributed by atoms with van der Waals surface area (Å²) in [5, 5.41) is 1.90. The fraction of sp³-hybridized carbons (Fsp3) is 0.143. The van der Waals surface area contributed by atoms with Gasteiger partial charge in [-0.05, 0) is 37.1 Å². The maximum atomic E-state index is 12.8. The van der Waals surface area contributed by atoms with Gasteiger partial charge in [-0.25, -0.2) is 9.97 Å². The van der Waals surface area contributed by atoms with Crippen molar-refractivity contribution in [1.82, 2.24) is 9.97 Å². The lowest BCUT2D eigenvalue weighted by Crippen LogP contribution is -2.34. The predicted octanol–water partition coefficient (Wildman–Crippen LogP) is 0.924. The predicted molar refractivity (Wildman–Crippen MR) is 68.0 cm³/mol. The van der Waals surface area contributed by atoms with Crippen molar-refractivity contribution in [2.24, 2.45) is 5.73 Å². The quantitative estimate of drug-likeness (QED) is 0.755. The summed E-state index contributed by atoms with van der Waals surface area (Å²) in [5.74, 6) is -0.485. The Bertz CT molecular complexity index is 705. The maximum absolute atomic E-state index is 12.8. The van der Waals surface area contributed by atoms with Crippen molar-refractivity contribution >= 4 is 11.8 Å². The molecule has 1 aliphatic rings. The first-order valence-corrected chi connectivity index (χ1v) is 5.82. The molecule has 0 fully saturated rings. The summed E-state index contributed by atoms with van der Waals surface area (Å²) in [6, 6.07) is 6.86. The zero-order valence-electron chi connectivity index (χ0n) is 9.73. The van der Waals surface area contributed by atoms with Crippen LogP contribution in [-0.2, 0) is 0 Å². The Kier molecular flexibility index (Phi) is 2.55. The molecule has 0 aliphatic heterocycles. The van der Waals surface area contributed by atoms with E-state index in [0.29, 0.717) is 0 Å². The van der Waals surface area contributed by atoms with Crippen LogP contribution in [0.25, 0.3) is 23.0 Å². The number of hydrogen-bond donors (Lipinski definition) is 1. The summed E-state index contributed by atoms with van der Waals surface area (Å²) in [5.41, 5.74) is 8.42. The Hall–Kier alpha value is -2.23. The van der Waals surface area contributed by atoms with Crippen LogP contribution in [-0.4, -0.2) is 9.97 Å². The van der Waals surface area contributed by atoms with Crippen LogP contribution in [0, 0.1) is 5.95 Å². The molecule has 0 bridgehead atoms. The van der Waals surface area contributed by atoms with Crippen molar-refractivity contribution in [3.05, 3.63) is 47.0 Å². The van der Waals surface area contributed by atoms with Crippen LogP contribution in [0.2, 0.25) is 0 Å². The second-order valence-electron chi connectivity index (χ2n) is 4.27. The Morgan fingerprint density at radius 3 is 2.83 bits per heavy atom. The third-order valence-electron chi connectivity index (χ3n) is 3.05. The summed E-state index contributed by atoms with van der Waals surface area (Å²) < 4.78 is 12.8. The highest BCUT2D eigenvalue weighted by Gasteiger charge is 2.05. The molecule has 3 rings (SSSR count). The van der Waals surface area contributed by atoms with E-state index in [4.69, 9.17) is 5.73 Å². The number of fused-ring (bicyclic) bond motifs is 1. The second kappa shape index (κ2) is 4.22. The van der Waals surface area contributed by atoms with E-state index in [1.54, 1.807) is 6.07 Å². The van der Waals surface area contributed by atoms with Gasteiger partial charge < -0.3 is 5.73 Å². The molecule has 2 aromatic heterocycles. The van der Waals surface area contributed by atoms with Crippen LogP contribution in [0.4, 0.5) is 4.39 Å². The molecule has 2 N–H and O–H groups in total. The number of hydrogen-bond acceptors (Lipinski definition) is 3. The average Bonchev–Trinajstić information content (AvgIpc) is 2.39. The summed E-state index contributed by atoms with van der Waals surface area (Å²) >= 11 is 0. The molecular weight excluding hydrogens is 229 g/mol. The molecule has 0 saturated heterocycles. The highest BCUT2D eigenvalue weighted by Crippen LogP contribution is 2.13. The minimum Gasteiger partial charge on any atom is -0.401 e. The van der Waals surface area contributed by atoms with E-state index in [1.807, 2.05) is 12.1 Å². The Labute approximate surface area is 104 Å². The van der Waals surface area contributed by atoms with E-state index < -0.39 is 5.95 Å². The average molecular weight is 241 g/mol. The summed E-state index contributed by atoms with van der Waals surface area (Å²) in [6.07, 6.45) is 5.36. The molecule has 0 aromatic carbocycles. The topological polar surface area (TPSA) is 51.8 Å². The molecule has 90 valence electrons. The lowest BCUT2D eigenvalue weighted by atomic mass is 10.1. The van der Waals surface area contributed by atoms with Crippen molar-refractivity contribution in [3.8, 4) is 11.3 Å². The third-order valence-corrected chi connectivity index (χ3v) is 3.05. The van der Waals surface area contributed by atoms with Gasteiger partial charge in [-0.15, -0.1) is 0 Å².